The number of carbonyl (C=O) groups excluding carboxylic acids is 1. The Kier molecular flexibility index (Phi) is 5.62. The number of aliphatic hydroxyl groups excluding tert-OH is 1. The van der Waals surface area contributed by atoms with Crippen LogP contribution in [0.3, 0.4) is 0 Å². The lowest BCUT2D eigenvalue weighted by Gasteiger charge is -2.30. The highest BCUT2D eigenvalue weighted by Crippen LogP contribution is 2.50. The third-order valence-electron chi connectivity index (χ3n) is 5.64. The summed E-state index contributed by atoms with van der Waals surface area (Å²) in [7, 11) is 0. The van der Waals surface area contributed by atoms with E-state index in [0.717, 1.165) is 18.3 Å². The first kappa shape index (κ1) is 22.8. The van der Waals surface area contributed by atoms with E-state index in [1.54, 1.807) is 0 Å². The molecule has 32 heavy (non-hydrogen) atoms. The molecule has 2 N–H and O–H groups in total. The Hall–Kier alpha value is -2.37. The summed E-state index contributed by atoms with van der Waals surface area (Å²) in [4.78, 5) is 16.7. The molecule has 1 aromatic heterocycles. The highest BCUT2D eigenvalue weighted by atomic mass is 35.5. The van der Waals surface area contributed by atoms with Crippen molar-refractivity contribution in [1.29, 1.82) is 0 Å². The SMILES string of the molecule is O=C(Nc1cc(C(F)(F)F)c(Cl)cn1)C1C2CC(O)C(O2)C1c1cccc(C(F)(F)F)c1. The topological polar surface area (TPSA) is 71.5 Å². The first-order valence-corrected chi connectivity index (χ1v) is 9.78. The van der Waals surface area contributed by atoms with Crippen LogP contribution in [0, 0.1) is 5.92 Å². The molecule has 0 saturated carbocycles. The van der Waals surface area contributed by atoms with Crippen LogP contribution in [0.15, 0.2) is 36.5 Å². The van der Waals surface area contributed by atoms with Crippen molar-refractivity contribution in [2.75, 3.05) is 5.32 Å². The number of anilines is 1. The van der Waals surface area contributed by atoms with Crippen LogP contribution in [0.5, 0.6) is 0 Å². The van der Waals surface area contributed by atoms with Crippen molar-refractivity contribution in [2.45, 2.75) is 43.0 Å². The van der Waals surface area contributed by atoms with Gasteiger partial charge in [0.05, 0.1) is 40.4 Å². The van der Waals surface area contributed by atoms with Crippen LogP contribution in [0.2, 0.25) is 5.02 Å². The van der Waals surface area contributed by atoms with E-state index in [9.17, 15) is 36.2 Å². The Labute approximate surface area is 182 Å². The lowest BCUT2D eigenvalue weighted by Crippen LogP contribution is -2.41. The molecule has 5 atom stereocenters. The van der Waals surface area contributed by atoms with Crippen LogP contribution in [0.1, 0.15) is 29.0 Å². The first-order chi connectivity index (χ1) is 14.9. The minimum Gasteiger partial charge on any atom is -0.390 e. The molecule has 5 nitrogen and oxygen atoms in total. The molecule has 1 amide bonds. The monoisotopic (exact) mass is 480 g/mol. The number of hydrogen-bond acceptors (Lipinski definition) is 4. The van der Waals surface area contributed by atoms with E-state index >= 15 is 0 Å². The minimum atomic E-state index is -4.78. The molecule has 0 radical (unpaired) electrons. The average Bonchev–Trinajstić information content (AvgIpc) is 3.25. The van der Waals surface area contributed by atoms with Crippen LogP contribution in [0.25, 0.3) is 0 Å². The molecule has 2 aliphatic heterocycles. The Balaban J connectivity index is 1.65. The van der Waals surface area contributed by atoms with Gasteiger partial charge in [0, 0.05) is 18.5 Å². The second-order valence-corrected chi connectivity index (χ2v) is 8.06. The fourth-order valence-corrected chi connectivity index (χ4v) is 4.51. The largest absolute Gasteiger partial charge is 0.418 e. The van der Waals surface area contributed by atoms with E-state index < -0.39 is 70.4 Å². The average molecular weight is 481 g/mol. The zero-order valence-electron chi connectivity index (χ0n) is 15.9. The molecule has 5 unspecified atom stereocenters. The van der Waals surface area contributed by atoms with Gasteiger partial charge in [-0.25, -0.2) is 4.98 Å². The second kappa shape index (κ2) is 7.89. The molecule has 12 heteroatoms. The summed E-state index contributed by atoms with van der Waals surface area (Å²) in [6.07, 6.45) is -11.3. The molecule has 3 heterocycles. The molecule has 2 bridgehead atoms. The van der Waals surface area contributed by atoms with Crippen molar-refractivity contribution in [1.82, 2.24) is 4.98 Å². The second-order valence-electron chi connectivity index (χ2n) is 7.65. The first-order valence-electron chi connectivity index (χ1n) is 9.40. The van der Waals surface area contributed by atoms with Crippen LogP contribution < -0.4 is 5.32 Å². The number of aliphatic hydroxyl groups is 1. The number of fused-ring (bicyclic) bond motifs is 2. The number of aromatic nitrogens is 1. The summed E-state index contributed by atoms with van der Waals surface area (Å²) >= 11 is 5.53. The Bertz CT molecular complexity index is 1040. The predicted molar refractivity (Wildman–Crippen MR) is 99.8 cm³/mol. The van der Waals surface area contributed by atoms with Crippen molar-refractivity contribution >= 4 is 23.3 Å². The van der Waals surface area contributed by atoms with Crippen molar-refractivity contribution in [3.8, 4) is 0 Å². The summed E-state index contributed by atoms with van der Waals surface area (Å²) in [6.45, 7) is 0. The summed E-state index contributed by atoms with van der Waals surface area (Å²) in [6, 6.07) is 4.90. The number of alkyl halides is 6. The van der Waals surface area contributed by atoms with Gasteiger partial charge in [0.15, 0.2) is 0 Å². The van der Waals surface area contributed by atoms with Gasteiger partial charge in [-0.1, -0.05) is 29.8 Å². The normalized spacial score (nSPS) is 27.6. The number of amides is 1. The summed E-state index contributed by atoms with van der Waals surface area (Å²) in [5.74, 6) is -3.17. The molecule has 0 aliphatic carbocycles. The van der Waals surface area contributed by atoms with E-state index in [1.807, 2.05) is 0 Å². The van der Waals surface area contributed by atoms with Crippen LogP contribution in [-0.4, -0.2) is 34.3 Å². The van der Waals surface area contributed by atoms with Crippen molar-refractivity contribution in [2.24, 2.45) is 5.92 Å². The maximum atomic E-state index is 13.2. The van der Waals surface area contributed by atoms with Crippen molar-refractivity contribution < 1.29 is 41.0 Å². The molecular formula is C20H15ClF6N2O3. The zero-order chi connectivity index (χ0) is 23.4. The molecule has 2 saturated heterocycles. The number of pyridine rings is 1. The number of ether oxygens (including phenoxy) is 1. The van der Waals surface area contributed by atoms with Crippen LogP contribution >= 0.6 is 11.6 Å². The molecule has 1 aromatic carbocycles. The smallest absolute Gasteiger partial charge is 0.390 e. The molecule has 4 rings (SSSR count). The lowest BCUT2D eigenvalue weighted by atomic mass is 9.73. The molecule has 2 fully saturated rings. The van der Waals surface area contributed by atoms with Gasteiger partial charge in [0.1, 0.15) is 5.82 Å². The maximum Gasteiger partial charge on any atom is 0.418 e. The highest BCUT2D eigenvalue weighted by molar-refractivity contribution is 6.31. The van der Waals surface area contributed by atoms with Gasteiger partial charge in [-0.3, -0.25) is 4.79 Å². The van der Waals surface area contributed by atoms with E-state index in [-0.39, 0.29) is 12.0 Å². The molecule has 0 spiro atoms. The van der Waals surface area contributed by atoms with Gasteiger partial charge in [-0.2, -0.15) is 26.3 Å². The third kappa shape index (κ3) is 4.16. The van der Waals surface area contributed by atoms with Gasteiger partial charge < -0.3 is 15.2 Å². The van der Waals surface area contributed by atoms with Gasteiger partial charge in [0.2, 0.25) is 5.91 Å². The van der Waals surface area contributed by atoms with E-state index in [4.69, 9.17) is 16.3 Å². The van der Waals surface area contributed by atoms with E-state index in [0.29, 0.717) is 6.07 Å². The number of hydrogen-bond donors (Lipinski definition) is 2. The predicted octanol–water partition coefficient (Wildman–Crippen LogP) is 4.64. The highest BCUT2D eigenvalue weighted by Gasteiger charge is 2.57. The number of benzene rings is 1. The molecule has 2 aliphatic rings. The quantitative estimate of drug-likeness (QED) is 0.628. The number of nitrogens with zero attached hydrogens (tertiary/aromatic N) is 1. The summed E-state index contributed by atoms with van der Waals surface area (Å²) in [5, 5.41) is 11.8. The van der Waals surface area contributed by atoms with E-state index in [2.05, 4.69) is 10.3 Å². The van der Waals surface area contributed by atoms with Gasteiger partial charge in [0.25, 0.3) is 0 Å². The number of halogens is 7. The molecule has 2 aromatic rings. The third-order valence-corrected chi connectivity index (χ3v) is 5.94. The van der Waals surface area contributed by atoms with Crippen molar-refractivity contribution in [3.05, 3.63) is 58.2 Å². The fraction of sp³-hybridized carbons (Fsp3) is 0.400. The number of carbonyl (C=O) groups is 1. The minimum absolute atomic E-state index is 0.0695. The lowest BCUT2D eigenvalue weighted by molar-refractivity contribution is -0.138. The standard InChI is InChI=1S/C20H15ClF6N2O3/c21-11-7-28-14(5-10(11)20(25,26)27)29-18(31)16-13-6-12(30)17(32-13)15(16)8-2-1-3-9(4-8)19(22,23)24/h1-5,7,12-13,15-17,30H,6H2,(H,28,29,31). The fourth-order valence-electron chi connectivity index (χ4n) is 4.30. The van der Waals surface area contributed by atoms with Gasteiger partial charge >= 0.3 is 12.4 Å². The van der Waals surface area contributed by atoms with Crippen LogP contribution in [-0.2, 0) is 21.9 Å². The summed E-state index contributed by atoms with van der Waals surface area (Å²) in [5.41, 5.74) is -2.00. The number of nitrogens with one attached hydrogen (secondary N) is 1. The Morgan fingerprint density at radius 3 is 2.53 bits per heavy atom. The van der Waals surface area contributed by atoms with Gasteiger partial charge in [-0.15, -0.1) is 0 Å². The maximum absolute atomic E-state index is 13.2. The summed E-state index contributed by atoms with van der Waals surface area (Å²) < 4.78 is 84.4. The Morgan fingerprint density at radius 1 is 1.16 bits per heavy atom. The Morgan fingerprint density at radius 2 is 1.88 bits per heavy atom. The number of rotatable bonds is 3. The van der Waals surface area contributed by atoms with E-state index in [1.165, 1.54) is 12.1 Å². The van der Waals surface area contributed by atoms with Crippen molar-refractivity contribution in [3.63, 3.8) is 0 Å². The molecular weight excluding hydrogens is 466 g/mol. The van der Waals surface area contributed by atoms with Gasteiger partial charge in [-0.05, 0) is 17.7 Å². The molecule has 172 valence electrons. The van der Waals surface area contributed by atoms with Crippen LogP contribution in [0.4, 0.5) is 32.2 Å². The zero-order valence-corrected chi connectivity index (χ0v) is 16.7.